The molecule has 0 saturated carbocycles. The van der Waals surface area contributed by atoms with Crippen molar-refractivity contribution in [3.8, 4) is 16.9 Å². The summed E-state index contributed by atoms with van der Waals surface area (Å²) in [6, 6.07) is 12.9. The molecule has 0 bridgehead atoms. The molecule has 6 nitrogen and oxygen atoms in total. The number of carboxylic acids is 1. The number of hydrogen-bond donors (Lipinski definition) is 1. The standard InChI is InChI=1S/C20H23NO5S2/c1-20(2)18(19(22)23)21(12-13-27-20)28(24,25)17-10-6-15(7-11-17)14-4-8-16(26-3)9-5-14/h4-11,18H,12-13H2,1-3H3,(H,22,23)/t18-/m0/s1. The zero-order valence-electron chi connectivity index (χ0n) is 16.0. The molecule has 1 heterocycles. The van der Waals surface area contributed by atoms with E-state index in [4.69, 9.17) is 4.74 Å². The second-order valence-corrected chi connectivity index (χ2v) is 10.7. The van der Waals surface area contributed by atoms with Crippen molar-refractivity contribution in [1.82, 2.24) is 4.31 Å². The fourth-order valence-corrected chi connectivity index (χ4v) is 6.47. The van der Waals surface area contributed by atoms with Crippen molar-refractivity contribution in [3.63, 3.8) is 0 Å². The molecule has 3 rings (SSSR count). The highest BCUT2D eigenvalue weighted by Gasteiger charge is 2.48. The SMILES string of the molecule is COc1ccc(-c2ccc(S(=O)(=O)N3CCSC(C)(C)[C@@H]3C(=O)O)cc2)cc1. The van der Waals surface area contributed by atoms with Crippen molar-refractivity contribution in [1.29, 1.82) is 0 Å². The number of rotatable bonds is 5. The summed E-state index contributed by atoms with van der Waals surface area (Å²) in [5, 5.41) is 9.66. The Hall–Kier alpha value is -2.03. The van der Waals surface area contributed by atoms with Gasteiger partial charge in [0.1, 0.15) is 11.8 Å². The zero-order valence-corrected chi connectivity index (χ0v) is 17.6. The van der Waals surface area contributed by atoms with E-state index in [0.717, 1.165) is 21.2 Å². The number of nitrogens with zero attached hydrogens (tertiary/aromatic N) is 1. The van der Waals surface area contributed by atoms with Crippen LogP contribution in [-0.4, -0.2) is 54.0 Å². The van der Waals surface area contributed by atoms with Gasteiger partial charge in [0.25, 0.3) is 0 Å². The summed E-state index contributed by atoms with van der Waals surface area (Å²) in [7, 11) is -2.32. The Morgan fingerprint density at radius 3 is 2.14 bits per heavy atom. The molecule has 0 aliphatic carbocycles. The maximum atomic E-state index is 13.2. The van der Waals surface area contributed by atoms with E-state index < -0.39 is 26.8 Å². The van der Waals surface area contributed by atoms with Crippen LogP contribution >= 0.6 is 11.8 Å². The van der Waals surface area contributed by atoms with E-state index in [-0.39, 0.29) is 11.4 Å². The quantitative estimate of drug-likeness (QED) is 0.797. The number of methoxy groups -OCH3 is 1. The van der Waals surface area contributed by atoms with Gasteiger partial charge in [0.15, 0.2) is 0 Å². The normalized spacial score (nSPS) is 19.9. The first-order valence-electron chi connectivity index (χ1n) is 8.80. The molecule has 2 aromatic rings. The third-order valence-corrected chi connectivity index (χ3v) is 8.08. The Morgan fingerprint density at radius 1 is 1.11 bits per heavy atom. The summed E-state index contributed by atoms with van der Waals surface area (Å²) in [5.74, 6) is 0.170. The summed E-state index contributed by atoms with van der Waals surface area (Å²) >= 11 is 1.48. The number of aliphatic carboxylic acids is 1. The van der Waals surface area contributed by atoms with Crippen LogP contribution in [0.2, 0.25) is 0 Å². The third kappa shape index (κ3) is 3.90. The molecule has 1 aliphatic heterocycles. The molecule has 0 aromatic heterocycles. The van der Waals surface area contributed by atoms with Crippen molar-refractivity contribution < 1.29 is 23.1 Å². The molecule has 1 fully saturated rings. The number of sulfonamides is 1. The molecule has 8 heteroatoms. The molecule has 2 aromatic carbocycles. The average Bonchev–Trinajstić information content (AvgIpc) is 2.67. The monoisotopic (exact) mass is 421 g/mol. The third-order valence-electron chi connectivity index (χ3n) is 4.85. The van der Waals surface area contributed by atoms with Gasteiger partial charge in [-0.2, -0.15) is 16.1 Å². The van der Waals surface area contributed by atoms with Crippen LogP contribution in [-0.2, 0) is 14.8 Å². The van der Waals surface area contributed by atoms with E-state index in [0.29, 0.717) is 5.75 Å². The zero-order chi connectivity index (χ0) is 20.5. The van der Waals surface area contributed by atoms with Gasteiger partial charge in [-0.3, -0.25) is 4.79 Å². The van der Waals surface area contributed by atoms with Crippen molar-refractivity contribution in [3.05, 3.63) is 48.5 Å². The number of carbonyl (C=O) groups is 1. The first kappa shape index (κ1) is 20.7. The molecule has 0 amide bonds. The first-order chi connectivity index (χ1) is 13.2. The van der Waals surface area contributed by atoms with Gasteiger partial charge in [-0.1, -0.05) is 24.3 Å². The van der Waals surface area contributed by atoms with Crippen LogP contribution in [0.4, 0.5) is 0 Å². The van der Waals surface area contributed by atoms with Gasteiger partial charge in [0.2, 0.25) is 10.0 Å². The lowest BCUT2D eigenvalue weighted by Crippen LogP contribution is -2.58. The second kappa shape index (κ2) is 7.77. The lowest BCUT2D eigenvalue weighted by atomic mass is 10.0. The van der Waals surface area contributed by atoms with Gasteiger partial charge in [-0.15, -0.1) is 0 Å². The Labute approximate surface area is 169 Å². The summed E-state index contributed by atoms with van der Waals surface area (Å²) in [6.07, 6.45) is 0. The van der Waals surface area contributed by atoms with E-state index in [1.54, 1.807) is 33.1 Å². The van der Waals surface area contributed by atoms with Gasteiger partial charge in [0.05, 0.1) is 12.0 Å². The van der Waals surface area contributed by atoms with Gasteiger partial charge < -0.3 is 9.84 Å². The molecule has 1 aliphatic rings. The molecule has 150 valence electrons. The lowest BCUT2D eigenvalue weighted by molar-refractivity contribution is -0.142. The number of hydrogen-bond acceptors (Lipinski definition) is 5. The average molecular weight is 422 g/mol. The smallest absolute Gasteiger partial charge is 0.323 e. The first-order valence-corrected chi connectivity index (χ1v) is 11.2. The predicted octanol–water partition coefficient (Wildman–Crippen LogP) is 3.33. The minimum atomic E-state index is -3.92. The Morgan fingerprint density at radius 2 is 1.64 bits per heavy atom. The number of ether oxygens (including phenoxy) is 1. The van der Waals surface area contributed by atoms with Crippen LogP contribution in [0.3, 0.4) is 0 Å². The predicted molar refractivity (Wildman–Crippen MR) is 110 cm³/mol. The van der Waals surface area contributed by atoms with Gasteiger partial charge in [-0.25, -0.2) is 8.42 Å². The fourth-order valence-electron chi connectivity index (χ4n) is 3.37. The van der Waals surface area contributed by atoms with Gasteiger partial charge in [0, 0.05) is 17.0 Å². The lowest BCUT2D eigenvalue weighted by Gasteiger charge is -2.42. The second-order valence-electron chi connectivity index (χ2n) is 7.06. The number of carboxylic acid groups (broad SMARTS) is 1. The molecular formula is C20H23NO5S2. The molecule has 28 heavy (non-hydrogen) atoms. The molecule has 1 saturated heterocycles. The van der Waals surface area contributed by atoms with E-state index in [9.17, 15) is 18.3 Å². The maximum absolute atomic E-state index is 13.2. The molecular weight excluding hydrogens is 398 g/mol. The van der Waals surface area contributed by atoms with Crippen molar-refractivity contribution in [2.45, 2.75) is 29.5 Å². The van der Waals surface area contributed by atoms with Crippen LogP contribution in [0.5, 0.6) is 5.75 Å². The summed E-state index contributed by atoms with van der Waals surface area (Å²) in [4.78, 5) is 11.9. The highest BCUT2D eigenvalue weighted by molar-refractivity contribution is 8.00. The molecule has 1 atom stereocenters. The molecule has 0 spiro atoms. The Balaban J connectivity index is 1.92. The van der Waals surface area contributed by atoms with Crippen molar-refractivity contribution in [2.24, 2.45) is 0 Å². The fraction of sp³-hybridized carbons (Fsp3) is 0.350. The molecule has 1 N–H and O–H groups in total. The molecule has 0 radical (unpaired) electrons. The number of benzene rings is 2. The van der Waals surface area contributed by atoms with Crippen LogP contribution in [0, 0.1) is 0 Å². The summed E-state index contributed by atoms with van der Waals surface area (Å²) in [5.41, 5.74) is 1.80. The highest BCUT2D eigenvalue weighted by atomic mass is 32.2. The molecule has 0 unspecified atom stereocenters. The maximum Gasteiger partial charge on any atom is 0.323 e. The minimum Gasteiger partial charge on any atom is -0.497 e. The summed E-state index contributed by atoms with van der Waals surface area (Å²) < 4.78 is 31.9. The van der Waals surface area contributed by atoms with E-state index in [2.05, 4.69) is 0 Å². The van der Waals surface area contributed by atoms with Crippen LogP contribution in [0.25, 0.3) is 11.1 Å². The van der Waals surface area contributed by atoms with E-state index in [1.165, 1.54) is 23.9 Å². The topological polar surface area (TPSA) is 83.9 Å². The van der Waals surface area contributed by atoms with Crippen LogP contribution in [0.15, 0.2) is 53.4 Å². The van der Waals surface area contributed by atoms with Crippen molar-refractivity contribution >= 4 is 27.8 Å². The number of thioether (sulfide) groups is 1. The van der Waals surface area contributed by atoms with Crippen LogP contribution < -0.4 is 4.74 Å². The largest absolute Gasteiger partial charge is 0.497 e. The highest BCUT2D eigenvalue weighted by Crippen LogP contribution is 2.38. The van der Waals surface area contributed by atoms with E-state index in [1.807, 2.05) is 24.3 Å². The van der Waals surface area contributed by atoms with Gasteiger partial charge in [-0.05, 0) is 49.2 Å². The summed E-state index contributed by atoms with van der Waals surface area (Å²) in [6.45, 7) is 3.71. The van der Waals surface area contributed by atoms with E-state index >= 15 is 0 Å². The van der Waals surface area contributed by atoms with Crippen LogP contribution in [0.1, 0.15) is 13.8 Å². The van der Waals surface area contributed by atoms with Gasteiger partial charge >= 0.3 is 5.97 Å². The minimum absolute atomic E-state index is 0.0960. The Kier molecular flexibility index (Phi) is 5.74. The Bertz CT molecular complexity index is 953. The van der Waals surface area contributed by atoms with Crippen molar-refractivity contribution in [2.75, 3.05) is 19.4 Å².